The molecule has 136 valence electrons. The lowest BCUT2D eigenvalue weighted by atomic mass is 9.73. The first-order valence-electron chi connectivity index (χ1n) is 9.30. The summed E-state index contributed by atoms with van der Waals surface area (Å²) < 4.78 is 13.1. The number of anilines is 1. The number of aliphatic hydroxyl groups is 1. The monoisotopic (exact) mass is 351 g/mol. The molecule has 0 fully saturated rings. The minimum Gasteiger partial charge on any atom is -0.392 e. The Kier molecular flexibility index (Phi) is 6.88. The van der Waals surface area contributed by atoms with Crippen molar-refractivity contribution in [1.82, 2.24) is 0 Å². The van der Waals surface area contributed by atoms with Crippen molar-refractivity contribution in [2.45, 2.75) is 69.8 Å². The molecule has 2 atom stereocenters. The predicted octanol–water partition coefficient (Wildman–Crippen LogP) is 4.14. The number of unbranched alkanes of at least 4 members (excludes halogenated alkanes) is 2. The molecule has 1 aliphatic heterocycles. The first-order valence-corrected chi connectivity index (χ1v) is 10.6. The van der Waals surface area contributed by atoms with Crippen molar-refractivity contribution in [3.63, 3.8) is 0 Å². The summed E-state index contributed by atoms with van der Waals surface area (Å²) in [5.74, 6) is 0.600. The second-order valence-corrected chi connectivity index (χ2v) is 8.89. The lowest BCUT2D eigenvalue weighted by Gasteiger charge is -2.37. The van der Waals surface area contributed by atoms with E-state index in [0.717, 1.165) is 54.7 Å². The highest BCUT2D eigenvalue weighted by Crippen LogP contribution is 2.42. The predicted molar refractivity (Wildman–Crippen MR) is 103 cm³/mol. The van der Waals surface area contributed by atoms with Crippen molar-refractivity contribution in [2.24, 2.45) is 5.41 Å². The van der Waals surface area contributed by atoms with Crippen LogP contribution in [-0.4, -0.2) is 35.3 Å². The summed E-state index contributed by atoms with van der Waals surface area (Å²) in [5, 5.41) is 11.1. The Bertz CT molecular complexity index is 563. The number of fused-ring (bicyclic) bond motifs is 1. The first-order chi connectivity index (χ1) is 11.4. The Morgan fingerprint density at radius 3 is 2.38 bits per heavy atom. The third kappa shape index (κ3) is 4.20. The van der Waals surface area contributed by atoms with Gasteiger partial charge in [-0.3, -0.25) is 4.21 Å². The van der Waals surface area contributed by atoms with Crippen LogP contribution >= 0.6 is 0 Å². The van der Waals surface area contributed by atoms with Gasteiger partial charge in [0.25, 0.3) is 0 Å². The lowest BCUT2D eigenvalue weighted by Crippen LogP contribution is -2.40. The largest absolute Gasteiger partial charge is 0.392 e. The summed E-state index contributed by atoms with van der Waals surface area (Å²) in [7, 11) is 3.00. The third-order valence-electron chi connectivity index (χ3n) is 5.40. The van der Waals surface area contributed by atoms with Crippen molar-refractivity contribution < 1.29 is 9.32 Å². The zero-order valence-electron chi connectivity index (χ0n) is 15.7. The smallest absolute Gasteiger partial charge is 0.0646 e. The van der Waals surface area contributed by atoms with Crippen LogP contribution in [0.4, 0.5) is 5.69 Å². The molecule has 1 heterocycles. The normalized spacial score (nSPS) is 22.7. The molecule has 4 heteroatoms. The molecule has 0 bridgehead atoms. The molecular weight excluding hydrogens is 318 g/mol. The van der Waals surface area contributed by atoms with E-state index in [1.54, 1.807) is 0 Å². The fraction of sp³-hybridized carbons (Fsp3) is 0.700. The number of hydrogen-bond acceptors (Lipinski definition) is 3. The van der Waals surface area contributed by atoms with Gasteiger partial charge in [-0.1, -0.05) is 39.5 Å². The summed E-state index contributed by atoms with van der Waals surface area (Å²) in [6.07, 6.45) is 6.59. The van der Waals surface area contributed by atoms with E-state index in [0.29, 0.717) is 12.2 Å². The quantitative estimate of drug-likeness (QED) is 0.802. The zero-order chi connectivity index (χ0) is 17.7. The summed E-state index contributed by atoms with van der Waals surface area (Å²) in [6.45, 7) is 4.37. The molecule has 0 saturated carbocycles. The summed E-state index contributed by atoms with van der Waals surface area (Å²) in [5.41, 5.74) is 1.96. The van der Waals surface area contributed by atoms with Crippen LogP contribution < -0.4 is 4.90 Å². The van der Waals surface area contributed by atoms with E-state index >= 15 is 0 Å². The molecule has 24 heavy (non-hydrogen) atoms. The zero-order valence-corrected chi connectivity index (χ0v) is 16.5. The van der Waals surface area contributed by atoms with Crippen LogP contribution in [0.5, 0.6) is 0 Å². The molecule has 0 aromatic heterocycles. The average molecular weight is 352 g/mol. The molecule has 0 spiro atoms. The highest BCUT2D eigenvalue weighted by atomic mass is 32.2. The van der Waals surface area contributed by atoms with E-state index in [2.05, 4.69) is 24.8 Å². The van der Waals surface area contributed by atoms with Crippen molar-refractivity contribution in [1.29, 1.82) is 0 Å². The van der Waals surface area contributed by atoms with E-state index in [1.165, 1.54) is 0 Å². The Hall–Kier alpha value is -0.870. The molecule has 0 aliphatic carbocycles. The number of aliphatic hydroxyl groups excluding tert-OH is 1. The molecule has 0 saturated heterocycles. The van der Waals surface area contributed by atoms with Crippen LogP contribution in [0, 0.1) is 5.41 Å². The average Bonchev–Trinajstić information content (AvgIpc) is 2.66. The van der Waals surface area contributed by atoms with Gasteiger partial charge in [0.1, 0.15) is 0 Å². The van der Waals surface area contributed by atoms with Gasteiger partial charge >= 0.3 is 0 Å². The summed E-state index contributed by atoms with van der Waals surface area (Å²) in [4.78, 5) is 2.98. The Morgan fingerprint density at radius 2 is 1.83 bits per heavy atom. The molecule has 3 nitrogen and oxygen atoms in total. The molecular formula is C20H33NO2S. The number of benzene rings is 1. The highest BCUT2D eigenvalue weighted by Gasteiger charge is 2.41. The van der Waals surface area contributed by atoms with Crippen LogP contribution in [0.25, 0.3) is 0 Å². The molecule has 2 rings (SSSR count). The number of hydrogen-bond donors (Lipinski definition) is 1. The molecule has 2 unspecified atom stereocenters. The SMILES string of the molecule is CCCCC1(CCCC)CS(=O)c2ccc(N(C)C)cc2CC1O. The van der Waals surface area contributed by atoms with Crippen molar-refractivity contribution in [3.05, 3.63) is 23.8 Å². The number of nitrogens with zero attached hydrogens (tertiary/aromatic N) is 1. The Balaban J connectivity index is 2.37. The number of rotatable bonds is 7. The molecule has 1 N–H and O–H groups in total. The molecule has 0 amide bonds. The van der Waals surface area contributed by atoms with Gasteiger partial charge in [-0.15, -0.1) is 0 Å². The van der Waals surface area contributed by atoms with Gasteiger partial charge in [0.2, 0.25) is 0 Å². The van der Waals surface area contributed by atoms with Gasteiger partial charge in [0, 0.05) is 42.3 Å². The van der Waals surface area contributed by atoms with Crippen molar-refractivity contribution >= 4 is 16.5 Å². The fourth-order valence-corrected chi connectivity index (χ4v) is 5.56. The van der Waals surface area contributed by atoms with Crippen LogP contribution in [0.1, 0.15) is 57.9 Å². The summed E-state index contributed by atoms with van der Waals surface area (Å²) in [6, 6.07) is 6.14. The standard InChI is InChI=1S/C20H33NO2S/c1-5-7-11-20(12-8-6-2)15-24(23)18-10-9-17(21(3)4)13-16(18)14-19(20)22/h9-10,13,19,22H,5-8,11-12,14-15H2,1-4H3. The third-order valence-corrected chi connectivity index (χ3v) is 7.13. The topological polar surface area (TPSA) is 40.5 Å². The van der Waals surface area contributed by atoms with Crippen molar-refractivity contribution in [3.8, 4) is 0 Å². The van der Waals surface area contributed by atoms with Crippen LogP contribution in [0.2, 0.25) is 0 Å². The van der Waals surface area contributed by atoms with Gasteiger partial charge in [0.15, 0.2) is 0 Å². The minimum atomic E-state index is -1.03. The first kappa shape index (κ1) is 19.5. The maximum atomic E-state index is 13.1. The minimum absolute atomic E-state index is 0.200. The van der Waals surface area contributed by atoms with Gasteiger partial charge in [0.05, 0.1) is 16.9 Å². The molecule has 1 aromatic rings. The van der Waals surface area contributed by atoms with E-state index in [-0.39, 0.29) is 5.41 Å². The highest BCUT2D eigenvalue weighted by molar-refractivity contribution is 7.85. The fourth-order valence-electron chi connectivity index (χ4n) is 3.75. The maximum Gasteiger partial charge on any atom is 0.0646 e. The maximum absolute atomic E-state index is 13.1. The van der Waals surface area contributed by atoms with Gasteiger partial charge < -0.3 is 10.0 Å². The molecule has 1 aliphatic rings. The molecule has 0 radical (unpaired) electrons. The van der Waals surface area contributed by atoms with E-state index in [1.807, 2.05) is 26.2 Å². The Morgan fingerprint density at radius 1 is 1.21 bits per heavy atom. The van der Waals surface area contributed by atoms with Crippen LogP contribution in [-0.2, 0) is 17.2 Å². The van der Waals surface area contributed by atoms with Crippen LogP contribution in [0.3, 0.4) is 0 Å². The second-order valence-electron chi connectivity index (χ2n) is 7.47. The molecule has 1 aromatic carbocycles. The summed E-state index contributed by atoms with van der Waals surface area (Å²) >= 11 is 0. The van der Waals surface area contributed by atoms with E-state index in [4.69, 9.17) is 0 Å². The van der Waals surface area contributed by atoms with Crippen molar-refractivity contribution in [2.75, 3.05) is 24.7 Å². The second kappa shape index (κ2) is 8.48. The Labute approximate surface area is 149 Å². The van der Waals surface area contributed by atoms with E-state index < -0.39 is 16.9 Å². The van der Waals surface area contributed by atoms with Crippen LogP contribution in [0.15, 0.2) is 23.1 Å². The van der Waals surface area contributed by atoms with E-state index in [9.17, 15) is 9.32 Å². The lowest BCUT2D eigenvalue weighted by molar-refractivity contribution is 0.0254. The van der Waals surface area contributed by atoms with Gasteiger partial charge in [-0.05, 0) is 36.6 Å². The van der Waals surface area contributed by atoms with Gasteiger partial charge in [-0.25, -0.2) is 0 Å². The van der Waals surface area contributed by atoms with Gasteiger partial charge in [-0.2, -0.15) is 0 Å².